The van der Waals surface area contributed by atoms with E-state index in [1.807, 2.05) is 25.1 Å². The summed E-state index contributed by atoms with van der Waals surface area (Å²) in [5.74, 6) is -0.310. The number of carbonyl (C=O) groups is 2. The molecule has 0 N–H and O–H groups in total. The number of cyclic esters (lactones) is 1. The summed E-state index contributed by atoms with van der Waals surface area (Å²) >= 11 is 0. The molecular weight excluding hydrogens is 444 g/mol. The third-order valence-electron chi connectivity index (χ3n) is 6.57. The number of fused-ring (bicyclic) bond motifs is 1. The zero-order valence-corrected chi connectivity index (χ0v) is 22.1. The molecule has 0 radical (unpaired) electrons. The molecule has 3 atom stereocenters. The highest BCUT2D eigenvalue weighted by Gasteiger charge is 2.27. The minimum absolute atomic E-state index is 0.151. The monoisotopic (exact) mass is 488 g/mol. The summed E-state index contributed by atoms with van der Waals surface area (Å²) in [6.45, 7) is 6.63. The number of methoxy groups -OCH3 is 1. The highest BCUT2D eigenvalue weighted by Crippen LogP contribution is 2.25. The molecule has 196 valence electrons. The number of rotatable bonds is 12. The lowest BCUT2D eigenvalue weighted by Gasteiger charge is -2.28. The van der Waals surface area contributed by atoms with Crippen LogP contribution in [0.25, 0.3) is 0 Å². The van der Waals surface area contributed by atoms with Crippen molar-refractivity contribution in [3.05, 3.63) is 47.0 Å². The van der Waals surface area contributed by atoms with Crippen molar-refractivity contribution in [2.75, 3.05) is 20.5 Å². The Morgan fingerprint density at radius 2 is 1.94 bits per heavy atom. The number of carbonyl (C=O) groups excluding carboxylic acids is 2. The predicted molar refractivity (Wildman–Crippen MR) is 137 cm³/mol. The molecule has 1 aliphatic heterocycles. The van der Waals surface area contributed by atoms with Gasteiger partial charge in [0, 0.05) is 26.4 Å². The van der Waals surface area contributed by atoms with Gasteiger partial charge < -0.3 is 18.9 Å². The second kappa shape index (κ2) is 16.5. The second-order valence-corrected chi connectivity index (χ2v) is 9.55. The molecule has 35 heavy (non-hydrogen) atoms. The molecule has 0 bridgehead atoms. The van der Waals surface area contributed by atoms with Gasteiger partial charge >= 0.3 is 11.9 Å². The van der Waals surface area contributed by atoms with E-state index in [0.717, 1.165) is 36.8 Å². The fourth-order valence-electron chi connectivity index (χ4n) is 4.43. The molecule has 0 saturated carbocycles. The summed E-state index contributed by atoms with van der Waals surface area (Å²) in [5, 5.41) is 0. The molecule has 1 aliphatic rings. The molecule has 0 unspecified atom stereocenters. The fourth-order valence-corrected chi connectivity index (χ4v) is 4.43. The third kappa shape index (κ3) is 10.5. The zero-order valence-electron chi connectivity index (χ0n) is 22.1. The van der Waals surface area contributed by atoms with E-state index in [-0.39, 0.29) is 37.4 Å². The van der Waals surface area contributed by atoms with Crippen LogP contribution in [0.1, 0.15) is 93.1 Å². The molecular formula is C29H44O6. The van der Waals surface area contributed by atoms with E-state index in [9.17, 15) is 9.59 Å². The number of esters is 2. The first-order valence-electron chi connectivity index (χ1n) is 13.2. The van der Waals surface area contributed by atoms with E-state index in [1.54, 1.807) is 7.11 Å². The van der Waals surface area contributed by atoms with Crippen LogP contribution in [0.15, 0.2) is 30.4 Å². The molecule has 0 amide bonds. The van der Waals surface area contributed by atoms with Gasteiger partial charge in [-0.15, -0.1) is 0 Å². The average molecular weight is 489 g/mol. The maximum absolute atomic E-state index is 13.3. The Hall–Kier alpha value is -2.18. The Balaban J connectivity index is 2.08. The highest BCUT2D eigenvalue weighted by molar-refractivity contribution is 5.93. The van der Waals surface area contributed by atoms with Crippen LogP contribution in [0, 0.1) is 12.8 Å². The Kier molecular flexibility index (Phi) is 13.7. The highest BCUT2D eigenvalue weighted by atomic mass is 16.7. The Bertz CT molecular complexity index is 802. The number of unbranched alkanes of at least 4 members (excludes halogenated alkanes) is 4. The Morgan fingerprint density at radius 1 is 1.14 bits per heavy atom. The molecule has 0 spiro atoms. The largest absolute Gasteiger partial charge is 0.466 e. The van der Waals surface area contributed by atoms with E-state index in [4.69, 9.17) is 18.9 Å². The lowest BCUT2D eigenvalue weighted by atomic mass is 9.93. The molecule has 1 heterocycles. The van der Waals surface area contributed by atoms with Crippen molar-refractivity contribution in [3.63, 3.8) is 0 Å². The van der Waals surface area contributed by atoms with E-state index in [2.05, 4.69) is 26.0 Å². The van der Waals surface area contributed by atoms with E-state index in [1.165, 1.54) is 12.8 Å². The molecule has 2 rings (SSSR count). The fraction of sp³-hybridized carbons (Fsp3) is 0.655. The zero-order chi connectivity index (χ0) is 25.5. The van der Waals surface area contributed by atoms with Gasteiger partial charge in [-0.25, -0.2) is 4.79 Å². The topological polar surface area (TPSA) is 71.1 Å². The van der Waals surface area contributed by atoms with Crippen LogP contribution in [0.5, 0.6) is 0 Å². The van der Waals surface area contributed by atoms with Crippen molar-refractivity contribution in [2.45, 2.75) is 97.2 Å². The minimum atomic E-state index is -0.431. The van der Waals surface area contributed by atoms with Crippen molar-refractivity contribution >= 4 is 11.9 Å². The van der Waals surface area contributed by atoms with Crippen LogP contribution in [-0.4, -0.2) is 44.7 Å². The Labute approximate surface area is 211 Å². The van der Waals surface area contributed by atoms with Crippen molar-refractivity contribution in [1.82, 2.24) is 0 Å². The number of aryl methyl sites for hydroxylation is 1. The molecule has 6 heteroatoms. The van der Waals surface area contributed by atoms with Gasteiger partial charge in [-0.1, -0.05) is 69.9 Å². The van der Waals surface area contributed by atoms with E-state index < -0.39 is 6.10 Å². The molecule has 1 aromatic rings. The smallest absolute Gasteiger partial charge is 0.338 e. The summed E-state index contributed by atoms with van der Waals surface area (Å²) in [6, 6.07) is 5.88. The van der Waals surface area contributed by atoms with Gasteiger partial charge in [-0.05, 0) is 43.2 Å². The SMILES string of the molecule is CCCCCCCC(=O)OCC[C@H]1C[C@@H](OCOC)[C@@H](C)C/C=C/Cc2cccc(C)c2C(=O)O1. The predicted octanol–water partition coefficient (Wildman–Crippen LogP) is 6.33. The van der Waals surface area contributed by atoms with Gasteiger partial charge in [-0.2, -0.15) is 0 Å². The van der Waals surface area contributed by atoms with Crippen molar-refractivity contribution in [1.29, 1.82) is 0 Å². The minimum Gasteiger partial charge on any atom is -0.466 e. The second-order valence-electron chi connectivity index (χ2n) is 9.55. The van der Waals surface area contributed by atoms with Crippen LogP contribution in [0.2, 0.25) is 0 Å². The van der Waals surface area contributed by atoms with Gasteiger partial charge in [0.1, 0.15) is 12.9 Å². The molecule has 0 fully saturated rings. The number of benzene rings is 1. The Morgan fingerprint density at radius 3 is 2.71 bits per heavy atom. The summed E-state index contributed by atoms with van der Waals surface area (Å²) < 4.78 is 22.6. The molecule has 0 aromatic heterocycles. The molecule has 0 aliphatic carbocycles. The molecule has 0 saturated heterocycles. The lowest BCUT2D eigenvalue weighted by Crippen LogP contribution is -2.32. The van der Waals surface area contributed by atoms with Crippen LogP contribution in [-0.2, 0) is 30.2 Å². The number of ether oxygens (including phenoxy) is 4. The summed E-state index contributed by atoms with van der Waals surface area (Å²) in [4.78, 5) is 25.4. The van der Waals surface area contributed by atoms with Gasteiger partial charge in [0.05, 0.1) is 18.3 Å². The van der Waals surface area contributed by atoms with Crippen LogP contribution >= 0.6 is 0 Å². The van der Waals surface area contributed by atoms with Crippen molar-refractivity contribution in [2.24, 2.45) is 5.92 Å². The van der Waals surface area contributed by atoms with Crippen molar-refractivity contribution in [3.8, 4) is 0 Å². The van der Waals surface area contributed by atoms with Crippen LogP contribution in [0.4, 0.5) is 0 Å². The molecule has 6 nitrogen and oxygen atoms in total. The first-order valence-corrected chi connectivity index (χ1v) is 13.2. The standard InChI is InChI=1S/C29H44O6/c1-5-6-7-8-9-17-27(30)33-19-18-25-20-26(34-21-32-4)22(2)13-10-11-15-24-16-12-14-23(3)28(24)29(31)35-25/h10-12,14,16,22,25-26H,5-9,13,15,17-21H2,1-4H3/b11-10+/t22-,25-,26+/m0/s1. The van der Waals surface area contributed by atoms with Gasteiger partial charge in [0.2, 0.25) is 0 Å². The summed E-state index contributed by atoms with van der Waals surface area (Å²) in [7, 11) is 1.60. The van der Waals surface area contributed by atoms with Gasteiger partial charge in [0.15, 0.2) is 0 Å². The van der Waals surface area contributed by atoms with Crippen molar-refractivity contribution < 1.29 is 28.5 Å². The van der Waals surface area contributed by atoms with Crippen LogP contribution < -0.4 is 0 Å². The maximum atomic E-state index is 13.3. The summed E-state index contributed by atoms with van der Waals surface area (Å²) in [6.07, 6.45) is 12.0. The quantitative estimate of drug-likeness (QED) is 0.148. The molecule has 1 aromatic carbocycles. The lowest BCUT2D eigenvalue weighted by molar-refractivity contribution is -0.144. The van der Waals surface area contributed by atoms with Gasteiger partial charge in [0.25, 0.3) is 0 Å². The van der Waals surface area contributed by atoms with Crippen LogP contribution in [0.3, 0.4) is 0 Å². The normalized spacial score (nSPS) is 21.8. The number of hydrogen-bond acceptors (Lipinski definition) is 6. The van der Waals surface area contributed by atoms with Gasteiger partial charge in [-0.3, -0.25) is 4.79 Å². The summed E-state index contributed by atoms with van der Waals surface area (Å²) in [5.41, 5.74) is 2.47. The average Bonchev–Trinajstić information content (AvgIpc) is 2.83. The van der Waals surface area contributed by atoms with E-state index in [0.29, 0.717) is 31.2 Å². The first kappa shape index (κ1) is 29.1. The number of hydrogen-bond donors (Lipinski definition) is 0. The first-order chi connectivity index (χ1) is 17.0. The number of allylic oxidation sites excluding steroid dienone is 2. The third-order valence-corrected chi connectivity index (χ3v) is 6.57. The maximum Gasteiger partial charge on any atom is 0.338 e. The van der Waals surface area contributed by atoms with E-state index >= 15 is 0 Å².